The first kappa shape index (κ1) is 15.7. The van der Waals surface area contributed by atoms with Crippen molar-refractivity contribution in [3.05, 3.63) is 56.7 Å². The lowest BCUT2D eigenvalue weighted by molar-refractivity contribution is 0.0955. The lowest BCUT2D eigenvalue weighted by Crippen LogP contribution is -2.17. The molecule has 1 amide bonds. The normalized spacial score (nSPS) is 10.6. The fourth-order valence-electron chi connectivity index (χ4n) is 1.62. The summed E-state index contributed by atoms with van der Waals surface area (Å²) in [5, 5.41) is 3.94. The molecule has 21 heavy (non-hydrogen) atoms. The summed E-state index contributed by atoms with van der Waals surface area (Å²) in [6, 6.07) is 6.93. The van der Waals surface area contributed by atoms with Gasteiger partial charge in [-0.3, -0.25) is 9.78 Å². The average Bonchev–Trinajstić information content (AvgIpc) is 2.47. The van der Waals surface area contributed by atoms with Crippen molar-refractivity contribution in [2.75, 3.05) is 7.11 Å². The molecule has 0 spiro atoms. The number of pyridine rings is 1. The summed E-state index contributed by atoms with van der Waals surface area (Å²) in [5.74, 6) is 0.335. The Balaban J connectivity index is 2.13. The Morgan fingerprint density at radius 2 is 2.05 bits per heavy atom. The SMILES string of the molecule is COc1c(Br)cc(Br)cc1C=NNC(=O)c1ccncc1. The molecule has 0 saturated heterocycles. The summed E-state index contributed by atoms with van der Waals surface area (Å²) in [7, 11) is 1.57. The molecule has 0 radical (unpaired) electrons. The number of nitrogens with one attached hydrogen (secondary N) is 1. The molecule has 0 saturated carbocycles. The number of hydrogen-bond donors (Lipinski definition) is 1. The minimum atomic E-state index is -0.304. The van der Waals surface area contributed by atoms with Crippen LogP contribution in [0.5, 0.6) is 5.75 Å². The lowest BCUT2D eigenvalue weighted by Gasteiger charge is -2.07. The van der Waals surface area contributed by atoms with Gasteiger partial charge in [-0.2, -0.15) is 5.10 Å². The van der Waals surface area contributed by atoms with Crippen LogP contribution in [0.3, 0.4) is 0 Å². The summed E-state index contributed by atoms with van der Waals surface area (Å²) in [4.78, 5) is 15.7. The highest BCUT2D eigenvalue weighted by molar-refractivity contribution is 9.11. The van der Waals surface area contributed by atoms with Gasteiger partial charge >= 0.3 is 0 Å². The van der Waals surface area contributed by atoms with Crippen LogP contribution in [0.4, 0.5) is 0 Å². The predicted molar refractivity (Wildman–Crippen MR) is 87.7 cm³/mol. The molecule has 5 nitrogen and oxygen atoms in total. The van der Waals surface area contributed by atoms with E-state index in [2.05, 4.69) is 47.4 Å². The molecule has 0 aliphatic rings. The van der Waals surface area contributed by atoms with E-state index in [9.17, 15) is 4.79 Å². The Labute approximate surface area is 138 Å². The standard InChI is InChI=1S/C14H11Br2N3O2/c1-21-13-10(6-11(15)7-12(13)16)8-18-19-14(20)9-2-4-17-5-3-9/h2-8H,1H3,(H,19,20). The van der Waals surface area contributed by atoms with Gasteiger partial charge in [0.2, 0.25) is 0 Å². The minimum absolute atomic E-state index is 0.304. The molecule has 1 heterocycles. The molecular weight excluding hydrogens is 402 g/mol. The van der Waals surface area contributed by atoms with E-state index in [1.807, 2.05) is 12.1 Å². The smallest absolute Gasteiger partial charge is 0.271 e. The predicted octanol–water partition coefficient (Wildman–Crippen LogP) is 3.38. The van der Waals surface area contributed by atoms with Crippen molar-refractivity contribution in [2.45, 2.75) is 0 Å². The van der Waals surface area contributed by atoms with Gasteiger partial charge in [0.25, 0.3) is 5.91 Å². The van der Waals surface area contributed by atoms with E-state index in [0.717, 1.165) is 14.5 Å². The highest BCUT2D eigenvalue weighted by Gasteiger charge is 2.08. The van der Waals surface area contributed by atoms with Crippen LogP contribution in [0.2, 0.25) is 0 Å². The Hall–Kier alpha value is -1.73. The van der Waals surface area contributed by atoms with Crippen LogP contribution in [0.1, 0.15) is 15.9 Å². The van der Waals surface area contributed by atoms with E-state index >= 15 is 0 Å². The van der Waals surface area contributed by atoms with Crippen LogP contribution in [0, 0.1) is 0 Å². The van der Waals surface area contributed by atoms with Crippen molar-refractivity contribution in [3.63, 3.8) is 0 Å². The second kappa shape index (κ2) is 7.33. The van der Waals surface area contributed by atoms with Gasteiger partial charge in [0, 0.05) is 28.0 Å². The van der Waals surface area contributed by atoms with Crippen LogP contribution >= 0.6 is 31.9 Å². The maximum Gasteiger partial charge on any atom is 0.271 e. The monoisotopic (exact) mass is 411 g/mol. The van der Waals surface area contributed by atoms with Gasteiger partial charge in [-0.05, 0) is 40.2 Å². The van der Waals surface area contributed by atoms with Crippen LogP contribution in [-0.4, -0.2) is 24.2 Å². The molecule has 0 atom stereocenters. The molecule has 1 aromatic carbocycles. The Bertz CT molecular complexity index is 675. The highest BCUT2D eigenvalue weighted by Crippen LogP contribution is 2.31. The van der Waals surface area contributed by atoms with Gasteiger partial charge in [0.15, 0.2) is 0 Å². The van der Waals surface area contributed by atoms with E-state index in [1.165, 1.54) is 6.21 Å². The summed E-state index contributed by atoms with van der Waals surface area (Å²) in [5.41, 5.74) is 3.67. The molecule has 0 fully saturated rings. The van der Waals surface area contributed by atoms with Crippen molar-refractivity contribution in [1.29, 1.82) is 0 Å². The van der Waals surface area contributed by atoms with E-state index in [0.29, 0.717) is 11.3 Å². The van der Waals surface area contributed by atoms with Crippen LogP contribution in [0.15, 0.2) is 50.7 Å². The molecule has 108 valence electrons. The number of amides is 1. The first-order chi connectivity index (χ1) is 10.1. The Kier molecular flexibility index (Phi) is 5.46. The summed E-state index contributed by atoms with van der Waals surface area (Å²) in [6.45, 7) is 0. The number of halogens is 2. The Morgan fingerprint density at radius 3 is 2.71 bits per heavy atom. The molecular formula is C14H11Br2N3O2. The number of nitrogens with zero attached hydrogens (tertiary/aromatic N) is 2. The van der Waals surface area contributed by atoms with E-state index in [1.54, 1.807) is 31.6 Å². The fraction of sp³-hybridized carbons (Fsp3) is 0.0714. The number of methoxy groups -OCH3 is 1. The first-order valence-corrected chi connectivity index (χ1v) is 7.47. The third-order valence-electron chi connectivity index (χ3n) is 2.55. The van der Waals surface area contributed by atoms with Gasteiger partial charge < -0.3 is 4.74 Å². The molecule has 0 unspecified atom stereocenters. The maximum atomic E-state index is 11.8. The average molecular weight is 413 g/mol. The topological polar surface area (TPSA) is 63.6 Å². The van der Waals surface area contributed by atoms with Crippen LogP contribution < -0.4 is 10.2 Å². The van der Waals surface area contributed by atoms with Gasteiger partial charge in [0.1, 0.15) is 5.75 Å². The zero-order valence-electron chi connectivity index (χ0n) is 11.0. The third-order valence-corrected chi connectivity index (χ3v) is 3.60. The van der Waals surface area contributed by atoms with Crippen molar-refractivity contribution in [2.24, 2.45) is 5.10 Å². The quantitative estimate of drug-likeness (QED) is 0.618. The van der Waals surface area contributed by atoms with E-state index in [4.69, 9.17) is 4.74 Å². The minimum Gasteiger partial charge on any atom is -0.495 e. The zero-order valence-corrected chi connectivity index (χ0v) is 14.2. The van der Waals surface area contributed by atoms with Gasteiger partial charge in [-0.1, -0.05) is 15.9 Å². The number of carbonyl (C=O) groups excluding carboxylic acids is 1. The number of hydrogen-bond acceptors (Lipinski definition) is 4. The molecule has 2 aromatic rings. The molecule has 0 bridgehead atoms. The summed E-state index contributed by atoms with van der Waals surface area (Å²) >= 11 is 6.80. The molecule has 7 heteroatoms. The van der Waals surface area contributed by atoms with Crippen molar-refractivity contribution < 1.29 is 9.53 Å². The number of benzene rings is 1. The molecule has 0 aliphatic heterocycles. The summed E-state index contributed by atoms with van der Waals surface area (Å²) in [6.07, 6.45) is 4.62. The van der Waals surface area contributed by atoms with Crippen molar-refractivity contribution in [3.8, 4) is 5.75 Å². The highest BCUT2D eigenvalue weighted by atomic mass is 79.9. The lowest BCUT2D eigenvalue weighted by atomic mass is 10.2. The first-order valence-electron chi connectivity index (χ1n) is 5.88. The van der Waals surface area contributed by atoms with Gasteiger partial charge in [-0.15, -0.1) is 0 Å². The number of carbonyl (C=O) groups is 1. The second-order valence-corrected chi connectivity index (χ2v) is 5.72. The number of hydrazone groups is 1. The fourth-order valence-corrected chi connectivity index (χ4v) is 3.04. The van der Waals surface area contributed by atoms with Gasteiger partial charge in [-0.25, -0.2) is 5.43 Å². The number of ether oxygens (including phenoxy) is 1. The molecule has 1 aromatic heterocycles. The Morgan fingerprint density at radius 1 is 1.33 bits per heavy atom. The van der Waals surface area contributed by atoms with Crippen LogP contribution in [0.25, 0.3) is 0 Å². The number of aromatic nitrogens is 1. The van der Waals surface area contributed by atoms with Crippen molar-refractivity contribution >= 4 is 44.0 Å². The van der Waals surface area contributed by atoms with Gasteiger partial charge in [0.05, 0.1) is 17.8 Å². The molecule has 2 rings (SSSR count). The number of rotatable bonds is 4. The second-order valence-electron chi connectivity index (χ2n) is 3.95. The zero-order chi connectivity index (χ0) is 15.2. The maximum absolute atomic E-state index is 11.8. The largest absolute Gasteiger partial charge is 0.495 e. The van der Waals surface area contributed by atoms with E-state index < -0.39 is 0 Å². The van der Waals surface area contributed by atoms with Crippen LogP contribution in [-0.2, 0) is 0 Å². The molecule has 0 aliphatic carbocycles. The van der Waals surface area contributed by atoms with Crippen molar-refractivity contribution in [1.82, 2.24) is 10.4 Å². The van der Waals surface area contributed by atoms with E-state index in [-0.39, 0.29) is 5.91 Å². The molecule has 1 N–H and O–H groups in total. The third kappa shape index (κ3) is 4.12. The summed E-state index contributed by atoms with van der Waals surface area (Å²) < 4.78 is 6.96.